The van der Waals surface area contributed by atoms with E-state index in [1.54, 1.807) is 0 Å². The second kappa shape index (κ2) is 4.97. The Balaban J connectivity index is 2.37. The van der Waals surface area contributed by atoms with Crippen LogP contribution in [0.1, 0.15) is 10.4 Å². The molecule has 4 nitrogen and oxygen atoms in total. The topological polar surface area (TPSA) is 62.2 Å². The molecule has 2 N–H and O–H groups in total. The van der Waals surface area contributed by atoms with Crippen molar-refractivity contribution in [2.45, 2.75) is 0 Å². The molecule has 1 aromatic carbocycles. The third-order valence-corrected chi connectivity index (χ3v) is 2.27. The zero-order chi connectivity index (χ0) is 14.0. The van der Waals surface area contributed by atoms with E-state index >= 15 is 0 Å². The Morgan fingerprint density at radius 1 is 1.16 bits per heavy atom. The molecule has 0 bridgehead atoms. The van der Waals surface area contributed by atoms with Crippen LogP contribution in [0.3, 0.4) is 0 Å². The summed E-state index contributed by atoms with van der Waals surface area (Å²) in [6, 6.07) is 3.69. The number of hydrogen-bond donors (Lipinski definition) is 2. The van der Waals surface area contributed by atoms with Gasteiger partial charge >= 0.3 is 5.97 Å². The molecule has 0 saturated carbocycles. The highest BCUT2D eigenvalue weighted by Crippen LogP contribution is 2.21. The van der Waals surface area contributed by atoms with E-state index in [-0.39, 0.29) is 11.5 Å². The minimum atomic E-state index is -1.39. The number of carboxylic acids is 1. The Hall–Kier alpha value is -2.57. The lowest BCUT2D eigenvalue weighted by Crippen LogP contribution is -2.06. The van der Waals surface area contributed by atoms with Crippen LogP contribution in [0, 0.1) is 17.5 Å². The van der Waals surface area contributed by atoms with Crippen LogP contribution in [0.5, 0.6) is 0 Å². The van der Waals surface area contributed by atoms with Crippen molar-refractivity contribution in [2.24, 2.45) is 0 Å². The molecule has 0 atom stereocenters. The standard InChI is InChI=1S/C12H7F3N2O2/c13-6-3-8(12(18)19)11(16-5-6)17-7-1-2-9(14)10(15)4-7/h1-5H,(H,16,17)(H,18,19). The highest BCUT2D eigenvalue weighted by molar-refractivity contribution is 5.93. The quantitative estimate of drug-likeness (QED) is 0.898. The summed E-state index contributed by atoms with van der Waals surface area (Å²) in [7, 11) is 0. The van der Waals surface area contributed by atoms with Crippen molar-refractivity contribution in [1.29, 1.82) is 0 Å². The van der Waals surface area contributed by atoms with Gasteiger partial charge in [-0.25, -0.2) is 22.9 Å². The Morgan fingerprint density at radius 2 is 1.89 bits per heavy atom. The predicted molar refractivity (Wildman–Crippen MR) is 60.8 cm³/mol. The van der Waals surface area contributed by atoms with Crippen LogP contribution in [0.2, 0.25) is 0 Å². The van der Waals surface area contributed by atoms with Gasteiger partial charge in [-0.3, -0.25) is 0 Å². The maximum atomic E-state index is 13.0. The van der Waals surface area contributed by atoms with Crippen LogP contribution in [0.15, 0.2) is 30.5 Å². The van der Waals surface area contributed by atoms with Crippen molar-refractivity contribution in [2.75, 3.05) is 5.32 Å². The molecule has 1 heterocycles. The Bertz CT molecular complexity index is 647. The van der Waals surface area contributed by atoms with Gasteiger partial charge in [0, 0.05) is 11.8 Å². The SMILES string of the molecule is O=C(O)c1cc(F)cnc1Nc1ccc(F)c(F)c1. The zero-order valence-corrected chi connectivity index (χ0v) is 9.32. The third kappa shape index (κ3) is 2.82. The molecule has 0 amide bonds. The van der Waals surface area contributed by atoms with Gasteiger partial charge in [-0.15, -0.1) is 0 Å². The summed E-state index contributed by atoms with van der Waals surface area (Å²) in [5, 5.41) is 11.4. The number of pyridine rings is 1. The van der Waals surface area contributed by atoms with Crippen LogP contribution in [-0.2, 0) is 0 Å². The molecule has 0 aliphatic rings. The van der Waals surface area contributed by atoms with Crippen molar-refractivity contribution in [3.63, 3.8) is 0 Å². The first-order valence-corrected chi connectivity index (χ1v) is 5.08. The first-order chi connectivity index (χ1) is 8.97. The summed E-state index contributed by atoms with van der Waals surface area (Å²) >= 11 is 0. The number of aromatic nitrogens is 1. The van der Waals surface area contributed by atoms with Crippen LogP contribution in [0.4, 0.5) is 24.7 Å². The summed E-state index contributed by atoms with van der Waals surface area (Å²) < 4.78 is 38.6. The molecule has 2 rings (SSSR count). The van der Waals surface area contributed by atoms with E-state index in [2.05, 4.69) is 10.3 Å². The van der Waals surface area contributed by atoms with Crippen LogP contribution in [0.25, 0.3) is 0 Å². The van der Waals surface area contributed by atoms with Gasteiger partial charge in [0.25, 0.3) is 0 Å². The Labute approximate surface area is 105 Å². The molecule has 0 unspecified atom stereocenters. The third-order valence-electron chi connectivity index (χ3n) is 2.27. The van der Waals surface area contributed by atoms with E-state index in [4.69, 9.17) is 5.11 Å². The largest absolute Gasteiger partial charge is 0.478 e. The maximum absolute atomic E-state index is 13.0. The highest BCUT2D eigenvalue weighted by atomic mass is 19.2. The van der Waals surface area contributed by atoms with Gasteiger partial charge in [-0.1, -0.05) is 0 Å². The number of benzene rings is 1. The average Bonchev–Trinajstić information content (AvgIpc) is 2.36. The van der Waals surface area contributed by atoms with Gasteiger partial charge in [0.05, 0.1) is 6.20 Å². The van der Waals surface area contributed by atoms with Gasteiger partial charge in [-0.05, 0) is 18.2 Å². The summed E-state index contributed by atoms with van der Waals surface area (Å²) in [5.74, 6) is -4.50. The first kappa shape index (κ1) is 12.9. The smallest absolute Gasteiger partial charge is 0.339 e. The summed E-state index contributed by atoms with van der Waals surface area (Å²) in [4.78, 5) is 14.5. The molecule has 98 valence electrons. The first-order valence-electron chi connectivity index (χ1n) is 5.08. The number of nitrogens with one attached hydrogen (secondary N) is 1. The molecule has 0 spiro atoms. The number of carboxylic acid groups (broad SMARTS) is 1. The second-order valence-corrected chi connectivity index (χ2v) is 3.61. The van der Waals surface area contributed by atoms with Crippen molar-refractivity contribution in [3.05, 3.63) is 53.5 Å². The molecule has 7 heteroatoms. The van der Waals surface area contributed by atoms with E-state index in [1.807, 2.05) is 0 Å². The number of nitrogens with zero attached hydrogens (tertiary/aromatic N) is 1. The number of anilines is 2. The van der Waals surface area contributed by atoms with Gasteiger partial charge < -0.3 is 10.4 Å². The number of hydrogen-bond acceptors (Lipinski definition) is 3. The predicted octanol–water partition coefficient (Wildman–Crippen LogP) is 2.94. The van der Waals surface area contributed by atoms with Crippen LogP contribution >= 0.6 is 0 Å². The minimum Gasteiger partial charge on any atom is -0.478 e. The molecule has 0 aliphatic heterocycles. The lowest BCUT2D eigenvalue weighted by Gasteiger charge is -2.08. The van der Waals surface area contributed by atoms with E-state index in [0.717, 1.165) is 24.4 Å². The maximum Gasteiger partial charge on any atom is 0.339 e. The molecular weight excluding hydrogens is 261 g/mol. The monoisotopic (exact) mass is 268 g/mol. The van der Waals surface area contributed by atoms with E-state index in [9.17, 15) is 18.0 Å². The van der Waals surface area contributed by atoms with Crippen molar-refractivity contribution in [3.8, 4) is 0 Å². The average molecular weight is 268 g/mol. The fourth-order valence-corrected chi connectivity index (χ4v) is 1.41. The van der Waals surface area contributed by atoms with Gasteiger partial charge in [0.15, 0.2) is 11.6 Å². The number of carbonyl (C=O) groups is 1. The van der Waals surface area contributed by atoms with Gasteiger partial charge in [-0.2, -0.15) is 0 Å². The summed E-state index contributed by atoms with van der Waals surface area (Å²) in [6.45, 7) is 0. The molecule has 1 aromatic heterocycles. The fraction of sp³-hybridized carbons (Fsp3) is 0. The molecule has 0 radical (unpaired) electrons. The normalized spacial score (nSPS) is 10.3. The molecule has 0 fully saturated rings. The van der Waals surface area contributed by atoms with Gasteiger partial charge in [0.1, 0.15) is 17.2 Å². The summed E-state index contributed by atoms with van der Waals surface area (Å²) in [6.07, 6.45) is 0.814. The number of aromatic carboxylic acids is 1. The highest BCUT2D eigenvalue weighted by Gasteiger charge is 2.13. The molecule has 19 heavy (non-hydrogen) atoms. The zero-order valence-electron chi connectivity index (χ0n) is 9.32. The Morgan fingerprint density at radius 3 is 2.53 bits per heavy atom. The minimum absolute atomic E-state index is 0.0977. The molecule has 0 aliphatic carbocycles. The lowest BCUT2D eigenvalue weighted by molar-refractivity contribution is 0.0697. The molecular formula is C12H7F3N2O2. The molecule has 2 aromatic rings. The van der Waals surface area contributed by atoms with E-state index < -0.39 is 29.0 Å². The number of rotatable bonds is 3. The van der Waals surface area contributed by atoms with E-state index in [0.29, 0.717) is 0 Å². The Kier molecular flexibility index (Phi) is 3.37. The van der Waals surface area contributed by atoms with Crippen molar-refractivity contribution in [1.82, 2.24) is 4.98 Å². The van der Waals surface area contributed by atoms with E-state index in [1.165, 1.54) is 6.07 Å². The van der Waals surface area contributed by atoms with Crippen molar-refractivity contribution < 1.29 is 23.1 Å². The summed E-state index contributed by atoms with van der Waals surface area (Å²) in [5.41, 5.74) is -0.315. The molecule has 0 saturated heterocycles. The van der Waals surface area contributed by atoms with Crippen LogP contribution < -0.4 is 5.32 Å². The van der Waals surface area contributed by atoms with Gasteiger partial charge in [0.2, 0.25) is 0 Å². The number of halogens is 3. The second-order valence-electron chi connectivity index (χ2n) is 3.61. The van der Waals surface area contributed by atoms with Crippen molar-refractivity contribution >= 4 is 17.5 Å². The lowest BCUT2D eigenvalue weighted by atomic mass is 10.2. The fourth-order valence-electron chi connectivity index (χ4n) is 1.41. The van der Waals surface area contributed by atoms with Crippen LogP contribution in [-0.4, -0.2) is 16.1 Å².